The number of rotatable bonds is 6. The Labute approximate surface area is 129 Å². The van der Waals surface area contributed by atoms with E-state index in [1.807, 2.05) is 0 Å². The minimum atomic E-state index is -5.21. The summed E-state index contributed by atoms with van der Waals surface area (Å²) in [6.45, 7) is 2.81. The summed E-state index contributed by atoms with van der Waals surface area (Å²) in [6.07, 6.45) is -5.21. The molecule has 0 spiro atoms. The Balaban J connectivity index is 3.24. The van der Waals surface area contributed by atoms with Crippen LogP contribution < -0.4 is 9.46 Å². The molecule has 0 bridgehead atoms. The van der Waals surface area contributed by atoms with Gasteiger partial charge in [-0.15, -0.1) is 13.2 Å². The summed E-state index contributed by atoms with van der Waals surface area (Å²) in [4.78, 5) is 9.85. The van der Waals surface area contributed by atoms with Crippen LogP contribution in [0.25, 0.3) is 0 Å². The van der Waals surface area contributed by atoms with Gasteiger partial charge in [-0.3, -0.25) is 4.79 Å². The fourth-order valence-electron chi connectivity index (χ4n) is 1.60. The van der Waals surface area contributed by atoms with Crippen molar-refractivity contribution in [3.63, 3.8) is 0 Å². The number of carbonyl (C=O) groups is 1. The number of nitrogens with one attached hydrogen (secondary N) is 1. The molecule has 0 aromatic heterocycles. The summed E-state index contributed by atoms with van der Waals surface area (Å²) < 4.78 is 79.6. The number of hydrogen-bond donors (Lipinski definition) is 2. The highest BCUT2D eigenvalue weighted by atomic mass is 32.2. The standard InChI is InChI=1S/C12H13F4NO5S/c1-6(2)10(11(18)19)17-23(20,21)8-5-3-4-7(9(8)13)22-12(14,15)16/h3-6,10,17H,1-2H3,(H,18,19)/t10-/m1/s1. The summed E-state index contributed by atoms with van der Waals surface area (Å²) in [6, 6.07) is 0.551. The van der Waals surface area contributed by atoms with Gasteiger partial charge in [-0.25, -0.2) is 12.8 Å². The third-order valence-corrected chi connectivity index (χ3v) is 4.12. The van der Waals surface area contributed by atoms with E-state index >= 15 is 0 Å². The number of benzene rings is 1. The first kappa shape index (κ1) is 19.2. The number of aliphatic carboxylic acids is 1. The molecule has 130 valence electrons. The van der Waals surface area contributed by atoms with E-state index in [1.165, 1.54) is 13.8 Å². The van der Waals surface area contributed by atoms with E-state index in [9.17, 15) is 30.8 Å². The zero-order valence-corrected chi connectivity index (χ0v) is 12.7. The molecule has 6 nitrogen and oxygen atoms in total. The molecule has 1 aromatic rings. The maximum absolute atomic E-state index is 14.0. The average molecular weight is 359 g/mol. The first-order valence-electron chi connectivity index (χ1n) is 6.14. The zero-order chi connectivity index (χ0) is 18.0. The van der Waals surface area contributed by atoms with Crippen molar-refractivity contribution < 1.29 is 40.6 Å². The molecule has 0 aliphatic heterocycles. The maximum Gasteiger partial charge on any atom is 0.573 e. The number of sulfonamides is 1. The molecular weight excluding hydrogens is 346 g/mol. The van der Waals surface area contributed by atoms with E-state index < -0.39 is 50.8 Å². The molecule has 1 rings (SSSR count). The van der Waals surface area contributed by atoms with Crippen LogP contribution in [0.5, 0.6) is 5.75 Å². The van der Waals surface area contributed by atoms with Gasteiger partial charge in [0.05, 0.1) is 0 Å². The maximum atomic E-state index is 14.0. The highest BCUT2D eigenvalue weighted by Crippen LogP contribution is 2.29. The molecule has 1 aromatic carbocycles. The van der Waals surface area contributed by atoms with E-state index in [0.717, 1.165) is 6.07 Å². The molecule has 0 saturated carbocycles. The van der Waals surface area contributed by atoms with E-state index in [2.05, 4.69) is 4.74 Å². The normalized spacial score (nSPS) is 13.9. The van der Waals surface area contributed by atoms with Gasteiger partial charge >= 0.3 is 12.3 Å². The van der Waals surface area contributed by atoms with Gasteiger partial charge in [0, 0.05) is 0 Å². The van der Waals surface area contributed by atoms with Crippen molar-refractivity contribution in [2.75, 3.05) is 0 Å². The van der Waals surface area contributed by atoms with Crippen LogP contribution in [0.3, 0.4) is 0 Å². The van der Waals surface area contributed by atoms with Gasteiger partial charge in [0.1, 0.15) is 10.9 Å². The van der Waals surface area contributed by atoms with E-state index in [4.69, 9.17) is 5.11 Å². The smallest absolute Gasteiger partial charge is 0.480 e. The molecule has 0 fully saturated rings. The molecular formula is C12H13F4NO5S. The number of alkyl halides is 3. The average Bonchev–Trinajstić information content (AvgIpc) is 2.36. The van der Waals surface area contributed by atoms with Crippen molar-refractivity contribution in [2.24, 2.45) is 5.92 Å². The summed E-state index contributed by atoms with van der Waals surface area (Å²) >= 11 is 0. The lowest BCUT2D eigenvalue weighted by Gasteiger charge is -2.18. The Kier molecular flexibility index (Phi) is 5.59. The third kappa shape index (κ3) is 5.06. The molecule has 0 heterocycles. The van der Waals surface area contributed by atoms with Crippen molar-refractivity contribution >= 4 is 16.0 Å². The summed E-state index contributed by atoms with van der Waals surface area (Å²) in [5.74, 6) is -5.30. The minimum absolute atomic E-state index is 0.596. The van der Waals surface area contributed by atoms with Gasteiger partial charge < -0.3 is 9.84 Å². The lowest BCUT2D eigenvalue weighted by molar-refractivity contribution is -0.275. The van der Waals surface area contributed by atoms with Gasteiger partial charge in [0.2, 0.25) is 10.0 Å². The number of hydrogen-bond acceptors (Lipinski definition) is 4. The van der Waals surface area contributed by atoms with Crippen LogP contribution in [0.2, 0.25) is 0 Å². The molecule has 0 aliphatic rings. The molecule has 11 heteroatoms. The zero-order valence-electron chi connectivity index (χ0n) is 11.9. The predicted octanol–water partition coefficient (Wildman–Crippen LogP) is 2.11. The predicted molar refractivity (Wildman–Crippen MR) is 69.7 cm³/mol. The lowest BCUT2D eigenvalue weighted by atomic mass is 10.1. The van der Waals surface area contributed by atoms with E-state index in [0.29, 0.717) is 12.1 Å². The van der Waals surface area contributed by atoms with Crippen LogP contribution >= 0.6 is 0 Å². The van der Waals surface area contributed by atoms with Crippen LogP contribution in [0.15, 0.2) is 23.1 Å². The Morgan fingerprint density at radius 2 is 1.87 bits per heavy atom. The van der Waals surface area contributed by atoms with E-state index in [1.54, 1.807) is 4.72 Å². The Hall–Kier alpha value is -1.88. The topological polar surface area (TPSA) is 92.7 Å². The highest BCUT2D eigenvalue weighted by Gasteiger charge is 2.35. The first-order valence-corrected chi connectivity index (χ1v) is 7.63. The van der Waals surface area contributed by atoms with Crippen molar-refractivity contribution in [2.45, 2.75) is 31.1 Å². The third-order valence-electron chi connectivity index (χ3n) is 2.66. The number of carboxylic acid groups (broad SMARTS) is 1. The molecule has 0 unspecified atom stereocenters. The van der Waals surface area contributed by atoms with Gasteiger partial charge in [-0.1, -0.05) is 19.9 Å². The lowest BCUT2D eigenvalue weighted by Crippen LogP contribution is -2.44. The fraction of sp³-hybridized carbons (Fsp3) is 0.417. The van der Waals surface area contributed by atoms with Crippen LogP contribution in [-0.2, 0) is 14.8 Å². The van der Waals surface area contributed by atoms with Gasteiger partial charge in [-0.05, 0) is 18.1 Å². The van der Waals surface area contributed by atoms with E-state index in [-0.39, 0.29) is 0 Å². The molecule has 23 heavy (non-hydrogen) atoms. The van der Waals surface area contributed by atoms with Gasteiger partial charge in [-0.2, -0.15) is 4.72 Å². The Morgan fingerprint density at radius 3 is 2.30 bits per heavy atom. The Bertz CT molecular complexity index is 687. The van der Waals surface area contributed by atoms with Gasteiger partial charge in [0.25, 0.3) is 0 Å². The SMILES string of the molecule is CC(C)[C@@H](NS(=O)(=O)c1cccc(OC(F)(F)F)c1F)C(=O)O. The summed E-state index contributed by atoms with van der Waals surface area (Å²) in [7, 11) is -4.71. The quantitative estimate of drug-likeness (QED) is 0.759. The summed E-state index contributed by atoms with van der Waals surface area (Å²) in [5.41, 5.74) is 0. The number of halogens is 4. The fourth-order valence-corrected chi connectivity index (χ4v) is 3.03. The second-order valence-corrected chi connectivity index (χ2v) is 6.48. The van der Waals surface area contributed by atoms with Crippen molar-refractivity contribution in [1.29, 1.82) is 0 Å². The number of ether oxygens (including phenoxy) is 1. The van der Waals surface area contributed by atoms with Crippen molar-refractivity contribution in [3.8, 4) is 5.75 Å². The monoisotopic (exact) mass is 359 g/mol. The Morgan fingerprint density at radius 1 is 1.30 bits per heavy atom. The summed E-state index contributed by atoms with van der Waals surface area (Å²) in [5, 5.41) is 8.94. The van der Waals surface area contributed by atoms with Crippen LogP contribution in [0.1, 0.15) is 13.8 Å². The molecule has 0 amide bonds. The molecule has 1 atom stereocenters. The molecule has 0 radical (unpaired) electrons. The highest BCUT2D eigenvalue weighted by molar-refractivity contribution is 7.89. The van der Waals surface area contributed by atoms with Crippen molar-refractivity contribution in [3.05, 3.63) is 24.0 Å². The molecule has 0 saturated heterocycles. The molecule has 2 N–H and O–H groups in total. The van der Waals surface area contributed by atoms with Crippen LogP contribution in [0, 0.1) is 11.7 Å². The van der Waals surface area contributed by atoms with Crippen LogP contribution in [0.4, 0.5) is 17.6 Å². The second-order valence-electron chi connectivity index (χ2n) is 4.80. The minimum Gasteiger partial charge on any atom is -0.480 e. The van der Waals surface area contributed by atoms with Crippen LogP contribution in [-0.4, -0.2) is 31.9 Å². The van der Waals surface area contributed by atoms with Gasteiger partial charge in [0.15, 0.2) is 11.6 Å². The molecule has 0 aliphatic carbocycles. The first-order chi connectivity index (χ1) is 10.3. The number of carboxylic acids is 1. The largest absolute Gasteiger partial charge is 0.573 e. The second kappa shape index (κ2) is 6.71. The van der Waals surface area contributed by atoms with Crippen molar-refractivity contribution in [1.82, 2.24) is 4.72 Å².